The van der Waals surface area contributed by atoms with Gasteiger partial charge in [0.05, 0.1) is 20.8 Å². The van der Waals surface area contributed by atoms with Crippen molar-refractivity contribution in [3.05, 3.63) is 32.8 Å². The summed E-state index contributed by atoms with van der Waals surface area (Å²) in [7, 11) is 2.63. The van der Waals surface area contributed by atoms with Crippen LogP contribution < -0.4 is 0 Å². The van der Waals surface area contributed by atoms with Crippen LogP contribution in [-0.2, 0) is 28.6 Å². The summed E-state index contributed by atoms with van der Waals surface area (Å²) in [5, 5.41) is 9.10. The average Bonchev–Trinajstić information content (AvgIpc) is 2.55. The number of allylic oxidation sites excluding steroid dienone is 2. The largest absolute Gasteiger partial charge is 0.489 e. The highest BCUT2D eigenvalue weighted by atomic mass is 16.9. The number of nitrogens with zero attached hydrogens (tertiary/aromatic N) is 1. The summed E-state index contributed by atoms with van der Waals surface area (Å²) < 4.78 is 15.3. The predicted octanol–water partition coefficient (Wildman–Crippen LogP) is 1.35. The maximum atomic E-state index is 12.4. The molecule has 9 nitrogen and oxygen atoms in total. The fraction of sp³-hybridized carbons (Fsp3) is 0.600. The van der Waals surface area contributed by atoms with Crippen molar-refractivity contribution in [1.82, 2.24) is 0 Å². The average molecular weight is 343 g/mol. The van der Waals surface area contributed by atoms with Crippen molar-refractivity contribution in [3.8, 4) is 0 Å². The molecule has 0 spiro atoms. The molecule has 0 aromatic heterocycles. The Bertz CT molecular complexity index is 564. The molecule has 0 fully saturated rings. The molecule has 1 aliphatic rings. The molecule has 1 aliphatic carbocycles. The SMILES string of the molecule is COC1=C(OC)C(=O)C(CCCOCCCO[N+](=O)[O-])=C(C)C1=O. The predicted molar refractivity (Wildman–Crippen MR) is 81.4 cm³/mol. The van der Waals surface area contributed by atoms with Gasteiger partial charge in [-0.2, -0.15) is 0 Å². The highest BCUT2D eigenvalue weighted by Crippen LogP contribution is 2.28. The first-order valence-electron chi connectivity index (χ1n) is 7.40. The summed E-state index contributed by atoms with van der Waals surface area (Å²) in [4.78, 5) is 38.6. The first kappa shape index (κ1) is 19.6. The van der Waals surface area contributed by atoms with E-state index in [0.717, 1.165) is 0 Å². The molecule has 134 valence electrons. The van der Waals surface area contributed by atoms with E-state index in [1.807, 2.05) is 0 Å². The third-order valence-electron chi connectivity index (χ3n) is 3.44. The van der Waals surface area contributed by atoms with Gasteiger partial charge in [0.15, 0.2) is 0 Å². The second-order valence-corrected chi connectivity index (χ2v) is 4.95. The summed E-state index contributed by atoms with van der Waals surface area (Å²) in [5.74, 6) is -0.876. The zero-order chi connectivity index (χ0) is 18.1. The molecule has 0 aliphatic heterocycles. The number of hydrogen-bond donors (Lipinski definition) is 0. The molecule has 0 saturated carbocycles. The number of carbonyl (C=O) groups excluding carboxylic acids is 2. The molecule has 1 rings (SSSR count). The third-order valence-corrected chi connectivity index (χ3v) is 3.44. The number of ether oxygens (including phenoxy) is 3. The van der Waals surface area contributed by atoms with Gasteiger partial charge in [0, 0.05) is 24.4 Å². The second-order valence-electron chi connectivity index (χ2n) is 4.95. The normalized spacial score (nSPS) is 15.0. The molecule has 0 aromatic carbocycles. The topological polar surface area (TPSA) is 114 Å². The van der Waals surface area contributed by atoms with Gasteiger partial charge in [-0.05, 0) is 26.2 Å². The molecule has 0 radical (unpaired) electrons. The van der Waals surface area contributed by atoms with Crippen LogP contribution in [0.15, 0.2) is 22.7 Å². The highest BCUT2D eigenvalue weighted by Gasteiger charge is 2.34. The summed E-state index contributed by atoms with van der Waals surface area (Å²) in [6.45, 7) is 2.23. The third kappa shape index (κ3) is 5.05. The lowest BCUT2D eigenvalue weighted by atomic mass is 9.90. The molecule has 0 N–H and O–H groups in total. The van der Waals surface area contributed by atoms with Crippen LogP contribution in [0, 0.1) is 10.1 Å². The quantitative estimate of drug-likeness (QED) is 0.239. The van der Waals surface area contributed by atoms with Crippen molar-refractivity contribution in [2.75, 3.05) is 34.0 Å². The fourth-order valence-corrected chi connectivity index (χ4v) is 2.25. The first-order valence-corrected chi connectivity index (χ1v) is 7.40. The van der Waals surface area contributed by atoms with Crippen molar-refractivity contribution < 1.29 is 33.7 Å². The molecular weight excluding hydrogens is 322 g/mol. The minimum atomic E-state index is -0.851. The molecule has 0 atom stereocenters. The molecule has 0 saturated heterocycles. The zero-order valence-electron chi connectivity index (χ0n) is 14.0. The van der Waals surface area contributed by atoms with Gasteiger partial charge < -0.3 is 19.0 Å². The van der Waals surface area contributed by atoms with E-state index < -0.39 is 5.09 Å². The van der Waals surface area contributed by atoms with E-state index in [2.05, 4.69) is 4.84 Å². The Hall–Kier alpha value is -2.42. The standard InChI is InChI=1S/C15H21NO8/c1-10-11(6-4-7-23-8-5-9-24-16(19)20)13(18)15(22-3)14(21-2)12(10)17/h4-9H2,1-3H3. The van der Waals surface area contributed by atoms with E-state index in [1.165, 1.54) is 14.2 Å². The van der Waals surface area contributed by atoms with Crippen LogP contribution in [0.2, 0.25) is 0 Å². The van der Waals surface area contributed by atoms with Gasteiger partial charge in [0.1, 0.15) is 0 Å². The minimum absolute atomic E-state index is 0.0218. The van der Waals surface area contributed by atoms with Gasteiger partial charge in [-0.15, -0.1) is 10.1 Å². The van der Waals surface area contributed by atoms with Crippen molar-refractivity contribution in [1.29, 1.82) is 0 Å². The fourth-order valence-electron chi connectivity index (χ4n) is 2.25. The molecule has 0 heterocycles. The van der Waals surface area contributed by atoms with Crippen molar-refractivity contribution >= 4 is 11.6 Å². The lowest BCUT2D eigenvalue weighted by Gasteiger charge is -2.20. The van der Waals surface area contributed by atoms with Crippen molar-refractivity contribution in [3.63, 3.8) is 0 Å². The van der Waals surface area contributed by atoms with Gasteiger partial charge in [-0.3, -0.25) is 9.59 Å². The van der Waals surface area contributed by atoms with Crippen molar-refractivity contribution in [2.45, 2.75) is 26.2 Å². The van der Waals surface area contributed by atoms with Crippen LogP contribution in [0.1, 0.15) is 26.2 Å². The maximum absolute atomic E-state index is 12.4. The molecule has 24 heavy (non-hydrogen) atoms. The van der Waals surface area contributed by atoms with E-state index in [0.29, 0.717) is 43.6 Å². The van der Waals surface area contributed by atoms with Crippen LogP contribution in [0.25, 0.3) is 0 Å². The second kappa shape index (κ2) is 9.66. The molecule has 0 bridgehead atoms. The molecule has 9 heteroatoms. The minimum Gasteiger partial charge on any atom is -0.489 e. The van der Waals surface area contributed by atoms with E-state index in [4.69, 9.17) is 14.2 Å². The van der Waals surface area contributed by atoms with Gasteiger partial charge in [0.25, 0.3) is 5.09 Å². The van der Waals surface area contributed by atoms with E-state index in [1.54, 1.807) is 6.92 Å². The number of ketones is 2. The monoisotopic (exact) mass is 343 g/mol. The number of carbonyl (C=O) groups is 2. The van der Waals surface area contributed by atoms with Crippen LogP contribution in [-0.4, -0.2) is 50.7 Å². The van der Waals surface area contributed by atoms with Crippen LogP contribution in [0.4, 0.5) is 0 Å². The summed E-state index contributed by atoms with van der Waals surface area (Å²) in [6, 6.07) is 0. The Kier molecular flexibility index (Phi) is 7.90. The number of rotatable bonds is 11. The summed E-state index contributed by atoms with van der Waals surface area (Å²) in [6.07, 6.45) is 1.29. The van der Waals surface area contributed by atoms with E-state index in [9.17, 15) is 19.7 Å². The molecule has 0 aromatic rings. The number of hydrogen-bond acceptors (Lipinski definition) is 8. The van der Waals surface area contributed by atoms with Gasteiger partial charge >= 0.3 is 0 Å². The lowest BCUT2D eigenvalue weighted by Crippen LogP contribution is -2.25. The summed E-state index contributed by atoms with van der Waals surface area (Å²) in [5.41, 5.74) is 0.731. The van der Waals surface area contributed by atoms with E-state index >= 15 is 0 Å². The molecule has 0 amide bonds. The van der Waals surface area contributed by atoms with Crippen LogP contribution in [0.5, 0.6) is 0 Å². The zero-order valence-corrected chi connectivity index (χ0v) is 14.0. The maximum Gasteiger partial charge on any atom is 0.294 e. The first-order chi connectivity index (χ1) is 11.4. The smallest absolute Gasteiger partial charge is 0.294 e. The highest BCUT2D eigenvalue weighted by molar-refractivity contribution is 6.23. The molecule has 0 unspecified atom stereocenters. The Balaban J connectivity index is 2.45. The van der Waals surface area contributed by atoms with Gasteiger partial charge in [-0.25, -0.2) is 0 Å². The Morgan fingerprint density at radius 3 is 2.12 bits per heavy atom. The Morgan fingerprint density at radius 2 is 1.54 bits per heavy atom. The Labute approximate surface area is 139 Å². The Morgan fingerprint density at radius 1 is 0.958 bits per heavy atom. The van der Waals surface area contributed by atoms with Crippen LogP contribution in [0.3, 0.4) is 0 Å². The van der Waals surface area contributed by atoms with Crippen molar-refractivity contribution in [2.24, 2.45) is 0 Å². The van der Waals surface area contributed by atoms with Gasteiger partial charge in [0.2, 0.25) is 23.1 Å². The number of methoxy groups -OCH3 is 2. The molecular formula is C15H21NO8. The van der Waals surface area contributed by atoms with Crippen LogP contribution >= 0.6 is 0 Å². The van der Waals surface area contributed by atoms with Gasteiger partial charge in [-0.1, -0.05) is 0 Å². The summed E-state index contributed by atoms with van der Waals surface area (Å²) >= 11 is 0. The number of Topliss-reactive ketones (excluding diaryl/α,β-unsaturated/α-hetero) is 2. The van der Waals surface area contributed by atoms with E-state index in [-0.39, 0.29) is 29.7 Å². The lowest BCUT2D eigenvalue weighted by molar-refractivity contribution is -0.757.